The van der Waals surface area contributed by atoms with Crippen molar-refractivity contribution in [1.29, 1.82) is 0 Å². The van der Waals surface area contributed by atoms with Crippen LogP contribution in [0.4, 0.5) is 0 Å². The Balaban J connectivity index is 1.63. The molecule has 0 unspecified atom stereocenters. The van der Waals surface area contributed by atoms with Crippen molar-refractivity contribution in [2.24, 2.45) is 0 Å². The van der Waals surface area contributed by atoms with Crippen molar-refractivity contribution in [1.82, 2.24) is 9.88 Å². The minimum atomic E-state index is -0.481. The Morgan fingerprint density at radius 1 is 1.18 bits per heavy atom. The highest BCUT2D eigenvalue weighted by Gasteiger charge is 2.22. The van der Waals surface area contributed by atoms with Gasteiger partial charge in [0.05, 0.1) is 21.8 Å². The first-order valence-corrected chi connectivity index (χ1v) is 10.8. The van der Waals surface area contributed by atoms with Gasteiger partial charge in [0.2, 0.25) is 0 Å². The number of aromatic nitrogens is 1. The first-order valence-electron chi connectivity index (χ1n) is 9.01. The van der Waals surface area contributed by atoms with Crippen molar-refractivity contribution in [3.8, 4) is 0 Å². The number of benzene rings is 2. The molecule has 3 aromatic rings. The summed E-state index contributed by atoms with van der Waals surface area (Å²) in [5.74, 6) is 0.109. The van der Waals surface area contributed by atoms with Crippen LogP contribution < -0.4 is 0 Å². The number of rotatable bonds is 7. The molecule has 0 fully saturated rings. The summed E-state index contributed by atoms with van der Waals surface area (Å²) < 4.78 is 6.37. The molecule has 0 saturated carbocycles. The molecule has 1 amide bonds. The van der Waals surface area contributed by atoms with Gasteiger partial charge in [0, 0.05) is 11.9 Å². The van der Waals surface area contributed by atoms with E-state index in [-0.39, 0.29) is 18.6 Å². The van der Waals surface area contributed by atoms with Crippen LogP contribution in [0.2, 0.25) is 0 Å². The highest BCUT2D eigenvalue weighted by molar-refractivity contribution is 7.99. The van der Waals surface area contributed by atoms with Crippen LogP contribution in [0, 0.1) is 0 Å². The van der Waals surface area contributed by atoms with Gasteiger partial charge in [-0.2, -0.15) is 0 Å². The molecule has 7 heteroatoms. The molecule has 3 rings (SSSR count). The lowest BCUT2D eigenvalue weighted by Crippen LogP contribution is -2.33. The Kier molecular flexibility index (Phi) is 6.70. The van der Waals surface area contributed by atoms with E-state index in [9.17, 15) is 9.59 Å². The van der Waals surface area contributed by atoms with E-state index < -0.39 is 5.97 Å². The zero-order valence-corrected chi connectivity index (χ0v) is 17.7. The Bertz CT molecular complexity index is 953. The van der Waals surface area contributed by atoms with Crippen molar-refractivity contribution < 1.29 is 14.3 Å². The van der Waals surface area contributed by atoms with Gasteiger partial charge >= 0.3 is 5.97 Å². The molecule has 0 aliphatic rings. The lowest BCUT2D eigenvalue weighted by atomic mass is 10.2. The lowest BCUT2D eigenvalue weighted by Gasteiger charge is -2.23. The van der Waals surface area contributed by atoms with Gasteiger partial charge in [-0.15, -0.1) is 23.1 Å². The average Bonchev–Trinajstić information content (AvgIpc) is 3.15. The number of hydrogen-bond donors (Lipinski definition) is 0. The molecule has 0 aliphatic heterocycles. The second-order valence-electron chi connectivity index (χ2n) is 6.21. The van der Waals surface area contributed by atoms with E-state index in [1.54, 1.807) is 47.2 Å². The molecule has 0 bridgehead atoms. The van der Waals surface area contributed by atoms with Gasteiger partial charge in [-0.3, -0.25) is 4.79 Å². The number of carbonyl (C=O) groups excluding carboxylic acids is 2. The van der Waals surface area contributed by atoms with Gasteiger partial charge in [0.25, 0.3) is 5.91 Å². The molecule has 28 heavy (non-hydrogen) atoms. The number of esters is 1. The van der Waals surface area contributed by atoms with Crippen LogP contribution in [-0.4, -0.2) is 41.2 Å². The van der Waals surface area contributed by atoms with Gasteiger partial charge in [-0.25, -0.2) is 9.78 Å². The average molecular weight is 415 g/mol. The van der Waals surface area contributed by atoms with Crippen molar-refractivity contribution in [2.75, 3.05) is 19.4 Å². The van der Waals surface area contributed by atoms with E-state index in [1.165, 1.54) is 0 Å². The number of amides is 1. The molecule has 0 spiro atoms. The summed E-state index contributed by atoms with van der Waals surface area (Å²) in [5, 5.41) is 0.855. The lowest BCUT2D eigenvalue weighted by molar-refractivity contribution is -0.135. The summed E-state index contributed by atoms with van der Waals surface area (Å²) in [6.45, 7) is 3.65. The molecule has 0 saturated heterocycles. The summed E-state index contributed by atoms with van der Waals surface area (Å²) in [7, 11) is 1.70. The zero-order chi connectivity index (χ0) is 20.1. The minimum Gasteiger partial charge on any atom is -0.452 e. The first kappa shape index (κ1) is 20.4. The fourth-order valence-electron chi connectivity index (χ4n) is 2.67. The van der Waals surface area contributed by atoms with Crippen LogP contribution in [0.25, 0.3) is 10.2 Å². The fraction of sp³-hybridized carbons (Fsp3) is 0.286. The van der Waals surface area contributed by atoms with Gasteiger partial charge in [0.15, 0.2) is 6.61 Å². The van der Waals surface area contributed by atoms with E-state index in [0.29, 0.717) is 5.56 Å². The smallest absolute Gasteiger partial charge is 0.339 e. The monoisotopic (exact) mass is 414 g/mol. The third kappa shape index (κ3) is 4.54. The molecule has 0 radical (unpaired) electrons. The van der Waals surface area contributed by atoms with Crippen LogP contribution in [0.1, 0.15) is 35.3 Å². The minimum absolute atomic E-state index is 0.202. The van der Waals surface area contributed by atoms with Crippen molar-refractivity contribution in [3.63, 3.8) is 0 Å². The quantitative estimate of drug-likeness (QED) is 0.411. The van der Waals surface area contributed by atoms with Crippen molar-refractivity contribution in [3.05, 3.63) is 59.1 Å². The number of ether oxygens (including phenoxy) is 1. The third-order valence-electron chi connectivity index (χ3n) is 4.38. The zero-order valence-electron chi connectivity index (χ0n) is 16.0. The summed E-state index contributed by atoms with van der Waals surface area (Å²) in [5.41, 5.74) is 1.41. The number of para-hydroxylation sites is 1. The second-order valence-corrected chi connectivity index (χ2v) is 8.57. The Morgan fingerprint density at radius 3 is 2.64 bits per heavy atom. The van der Waals surface area contributed by atoms with E-state index in [4.69, 9.17) is 4.74 Å². The van der Waals surface area contributed by atoms with Crippen LogP contribution >= 0.6 is 23.1 Å². The molecule has 2 aromatic carbocycles. The molecule has 0 N–H and O–H groups in total. The Hall–Kier alpha value is -2.38. The summed E-state index contributed by atoms with van der Waals surface area (Å²) in [6.07, 6.45) is 0. The number of nitrogens with zero attached hydrogens (tertiary/aromatic N) is 2. The predicted molar refractivity (Wildman–Crippen MR) is 114 cm³/mol. The maximum absolute atomic E-state index is 12.5. The summed E-state index contributed by atoms with van der Waals surface area (Å²) in [4.78, 5) is 32.0. The number of hydrogen-bond acceptors (Lipinski definition) is 6. The predicted octanol–water partition coefficient (Wildman–Crippen LogP) is 4.78. The first-order chi connectivity index (χ1) is 13.5. The Labute approximate surface area is 172 Å². The maximum Gasteiger partial charge on any atom is 0.339 e. The van der Waals surface area contributed by atoms with E-state index in [1.807, 2.05) is 50.2 Å². The number of thiazole rings is 1. The van der Waals surface area contributed by atoms with E-state index in [2.05, 4.69) is 4.98 Å². The van der Waals surface area contributed by atoms with Crippen LogP contribution in [0.3, 0.4) is 0 Å². The number of likely N-dealkylation sites (N-methyl/N-ethyl adjacent to an activating group) is 1. The van der Waals surface area contributed by atoms with Crippen LogP contribution in [0.15, 0.2) is 53.4 Å². The third-order valence-corrected chi connectivity index (χ3v) is 6.54. The van der Waals surface area contributed by atoms with Gasteiger partial charge in [-0.05, 0) is 36.9 Å². The second kappa shape index (κ2) is 9.21. The molecule has 5 nitrogen and oxygen atoms in total. The van der Waals surface area contributed by atoms with Crippen LogP contribution in [0.5, 0.6) is 0 Å². The van der Waals surface area contributed by atoms with Gasteiger partial charge in [-0.1, -0.05) is 31.2 Å². The van der Waals surface area contributed by atoms with E-state index >= 15 is 0 Å². The molecule has 1 heterocycles. The Morgan fingerprint density at radius 2 is 1.89 bits per heavy atom. The molecule has 146 valence electrons. The largest absolute Gasteiger partial charge is 0.452 e. The molecular formula is C21H22N2O3S2. The normalized spacial score (nSPS) is 12.0. The van der Waals surface area contributed by atoms with Crippen molar-refractivity contribution in [2.45, 2.75) is 24.8 Å². The van der Waals surface area contributed by atoms with E-state index in [0.717, 1.165) is 25.9 Å². The fourth-order valence-corrected chi connectivity index (χ4v) is 4.53. The number of carbonyl (C=O) groups is 2. The van der Waals surface area contributed by atoms with Crippen molar-refractivity contribution >= 4 is 45.2 Å². The number of thioether (sulfide) groups is 1. The molecular weight excluding hydrogens is 392 g/mol. The van der Waals surface area contributed by atoms with Gasteiger partial charge < -0.3 is 9.64 Å². The summed E-state index contributed by atoms with van der Waals surface area (Å²) in [6, 6.07) is 15.0. The molecule has 1 aromatic heterocycles. The highest BCUT2D eigenvalue weighted by atomic mass is 32.2. The molecule has 1 atom stereocenters. The standard InChI is InChI=1S/C21H22N2O3S2/c1-4-27-17-11-7-5-9-15(17)21(25)26-13-19(24)23(3)14(2)20-22-16-10-6-8-12-18(16)28-20/h5-12,14H,4,13H2,1-3H3/t14-/m1/s1. The summed E-state index contributed by atoms with van der Waals surface area (Å²) >= 11 is 3.14. The number of fused-ring (bicyclic) bond motifs is 1. The SMILES string of the molecule is CCSc1ccccc1C(=O)OCC(=O)N(C)[C@H](C)c1nc2ccccc2s1. The topological polar surface area (TPSA) is 59.5 Å². The highest BCUT2D eigenvalue weighted by Crippen LogP contribution is 2.29. The molecule has 0 aliphatic carbocycles. The van der Waals surface area contributed by atoms with Gasteiger partial charge in [0.1, 0.15) is 5.01 Å². The van der Waals surface area contributed by atoms with Crippen LogP contribution in [-0.2, 0) is 9.53 Å². The maximum atomic E-state index is 12.5.